The molecule has 0 bridgehead atoms. The fourth-order valence-electron chi connectivity index (χ4n) is 2.85. The van der Waals surface area contributed by atoms with E-state index in [1.165, 1.54) is 48.3 Å². The molecular weight excluding hydrogens is 302 g/mol. The molecule has 2 aromatic carbocycles. The van der Waals surface area contributed by atoms with Crippen LogP contribution in [0.3, 0.4) is 0 Å². The van der Waals surface area contributed by atoms with Crippen LogP contribution in [0, 0.1) is 0 Å². The van der Waals surface area contributed by atoms with Crippen molar-refractivity contribution in [2.75, 3.05) is 19.6 Å². The highest BCUT2D eigenvalue weighted by atomic mass is 15.1. The lowest BCUT2D eigenvalue weighted by Gasteiger charge is -2.15. The van der Waals surface area contributed by atoms with Crippen LogP contribution in [0.5, 0.6) is 0 Å². The van der Waals surface area contributed by atoms with E-state index in [4.69, 9.17) is 0 Å². The van der Waals surface area contributed by atoms with E-state index in [-0.39, 0.29) is 0 Å². The number of hydrogen-bond donors (Lipinski definition) is 0. The number of benzene rings is 2. The average Bonchev–Trinajstić information content (AvgIpc) is 2.66. The first-order valence-electron chi connectivity index (χ1n) is 9.97. The summed E-state index contributed by atoms with van der Waals surface area (Å²) < 4.78 is 0. The van der Waals surface area contributed by atoms with Crippen molar-refractivity contribution in [3.05, 3.63) is 59.7 Å². The van der Waals surface area contributed by atoms with Crippen molar-refractivity contribution in [2.24, 2.45) is 0 Å². The van der Waals surface area contributed by atoms with E-state index in [0.29, 0.717) is 5.92 Å². The van der Waals surface area contributed by atoms with Crippen LogP contribution in [0.1, 0.15) is 65.0 Å². The third-order valence-electron chi connectivity index (χ3n) is 4.71. The van der Waals surface area contributed by atoms with Gasteiger partial charge in [-0.05, 0) is 60.6 Å². The van der Waals surface area contributed by atoms with E-state index in [2.05, 4.69) is 95.0 Å². The van der Waals surface area contributed by atoms with Crippen LogP contribution in [-0.2, 0) is 6.42 Å². The summed E-state index contributed by atoms with van der Waals surface area (Å²) in [6.07, 6.45) is 2.38. The molecule has 0 amide bonds. The summed E-state index contributed by atoms with van der Waals surface area (Å²) in [5.41, 5.74) is 5.40. The third-order valence-corrected chi connectivity index (χ3v) is 4.71. The van der Waals surface area contributed by atoms with Gasteiger partial charge in [-0.15, -0.1) is 0 Å². The summed E-state index contributed by atoms with van der Waals surface area (Å²) in [5, 5.41) is 0. The maximum Gasteiger partial charge on any atom is -0.00216 e. The molecule has 0 saturated heterocycles. The van der Waals surface area contributed by atoms with Crippen molar-refractivity contribution >= 4 is 0 Å². The molecule has 0 aliphatic carbocycles. The molecule has 2 rings (SSSR count). The van der Waals surface area contributed by atoms with Gasteiger partial charge in [0.15, 0.2) is 0 Å². The topological polar surface area (TPSA) is 3.24 Å². The first-order chi connectivity index (χ1) is 12.0. The van der Waals surface area contributed by atoms with Gasteiger partial charge in [-0.2, -0.15) is 0 Å². The second-order valence-electron chi connectivity index (χ2n) is 6.85. The van der Waals surface area contributed by atoms with Crippen LogP contribution in [0.4, 0.5) is 0 Å². The van der Waals surface area contributed by atoms with Gasteiger partial charge >= 0.3 is 0 Å². The van der Waals surface area contributed by atoms with Crippen molar-refractivity contribution in [3.63, 3.8) is 0 Å². The Kier molecular flexibility index (Phi) is 10.2. The van der Waals surface area contributed by atoms with Gasteiger partial charge in [0.2, 0.25) is 0 Å². The molecule has 0 spiro atoms. The van der Waals surface area contributed by atoms with Crippen molar-refractivity contribution in [1.82, 2.24) is 4.90 Å². The van der Waals surface area contributed by atoms with Crippen molar-refractivity contribution in [2.45, 2.75) is 60.3 Å². The number of aryl methyl sites for hydroxylation is 1. The Balaban J connectivity index is 0.000000333. The van der Waals surface area contributed by atoms with Gasteiger partial charge in [-0.25, -0.2) is 0 Å². The molecule has 138 valence electrons. The van der Waals surface area contributed by atoms with Crippen LogP contribution in [-0.4, -0.2) is 24.5 Å². The molecule has 0 fully saturated rings. The SMILES string of the molecule is CCCN(CC)CC.CCc1ccc(-c2ccc(C(C)C)cc2)cc1. The summed E-state index contributed by atoms with van der Waals surface area (Å²) in [4.78, 5) is 2.43. The molecular formula is C24H37N. The van der Waals surface area contributed by atoms with Crippen LogP contribution < -0.4 is 0 Å². The summed E-state index contributed by atoms with van der Waals surface area (Å²) in [5.74, 6) is 0.603. The number of nitrogens with zero attached hydrogens (tertiary/aromatic N) is 1. The van der Waals surface area contributed by atoms with Gasteiger partial charge in [0.25, 0.3) is 0 Å². The predicted molar refractivity (Wildman–Crippen MR) is 113 cm³/mol. The van der Waals surface area contributed by atoms with Gasteiger partial charge in [-0.3, -0.25) is 0 Å². The van der Waals surface area contributed by atoms with Crippen molar-refractivity contribution in [3.8, 4) is 11.1 Å². The van der Waals surface area contributed by atoms with Gasteiger partial charge < -0.3 is 4.90 Å². The minimum absolute atomic E-state index is 0.603. The fourth-order valence-corrected chi connectivity index (χ4v) is 2.85. The van der Waals surface area contributed by atoms with Gasteiger partial charge in [-0.1, -0.05) is 90.1 Å². The van der Waals surface area contributed by atoms with Crippen molar-refractivity contribution < 1.29 is 0 Å². The molecule has 0 N–H and O–H groups in total. The largest absolute Gasteiger partial charge is 0.304 e. The highest BCUT2D eigenvalue weighted by Crippen LogP contribution is 2.23. The summed E-state index contributed by atoms with van der Waals surface area (Å²) in [6.45, 7) is 16.9. The summed E-state index contributed by atoms with van der Waals surface area (Å²) in [6, 6.07) is 17.7. The van der Waals surface area contributed by atoms with E-state index < -0.39 is 0 Å². The van der Waals surface area contributed by atoms with Crippen LogP contribution in [0.15, 0.2) is 48.5 Å². The molecule has 2 aromatic rings. The van der Waals surface area contributed by atoms with E-state index in [9.17, 15) is 0 Å². The Bertz CT molecular complexity index is 562. The predicted octanol–water partition coefficient (Wildman–Crippen LogP) is 6.78. The number of rotatable bonds is 7. The van der Waals surface area contributed by atoms with Gasteiger partial charge in [0, 0.05) is 0 Å². The lowest BCUT2D eigenvalue weighted by atomic mass is 9.98. The monoisotopic (exact) mass is 339 g/mol. The first-order valence-corrected chi connectivity index (χ1v) is 9.97. The van der Waals surface area contributed by atoms with E-state index in [1.807, 2.05) is 0 Å². The smallest absolute Gasteiger partial charge is 0.00216 e. The average molecular weight is 340 g/mol. The standard InChI is InChI=1S/C17H20.C7H17N/c1-4-14-5-7-16(8-6-14)17-11-9-15(10-12-17)13(2)3;1-4-7-8(5-2)6-3/h5-13H,4H2,1-3H3;4-7H2,1-3H3. The van der Waals surface area contributed by atoms with Crippen LogP contribution >= 0.6 is 0 Å². The molecule has 0 saturated carbocycles. The zero-order chi connectivity index (χ0) is 18.7. The fraction of sp³-hybridized carbons (Fsp3) is 0.500. The first kappa shape index (κ1) is 21.4. The van der Waals surface area contributed by atoms with Crippen LogP contribution in [0.2, 0.25) is 0 Å². The molecule has 0 aliphatic rings. The minimum atomic E-state index is 0.603. The highest BCUT2D eigenvalue weighted by Gasteiger charge is 2.01. The second kappa shape index (κ2) is 11.9. The van der Waals surface area contributed by atoms with Gasteiger partial charge in [0.1, 0.15) is 0 Å². The lowest BCUT2D eigenvalue weighted by molar-refractivity contribution is 0.304. The molecule has 0 heterocycles. The Morgan fingerprint density at radius 3 is 1.52 bits per heavy atom. The Labute approximate surface area is 156 Å². The van der Waals surface area contributed by atoms with E-state index in [0.717, 1.165) is 6.42 Å². The molecule has 25 heavy (non-hydrogen) atoms. The molecule has 0 radical (unpaired) electrons. The van der Waals surface area contributed by atoms with E-state index >= 15 is 0 Å². The van der Waals surface area contributed by atoms with Crippen molar-refractivity contribution in [1.29, 1.82) is 0 Å². The zero-order valence-electron chi connectivity index (χ0n) is 17.2. The molecule has 0 atom stereocenters. The molecule has 1 heteroatoms. The Hall–Kier alpha value is -1.60. The molecule has 0 unspecified atom stereocenters. The molecule has 0 aliphatic heterocycles. The number of hydrogen-bond acceptors (Lipinski definition) is 1. The minimum Gasteiger partial charge on any atom is -0.304 e. The Morgan fingerprint density at radius 2 is 1.20 bits per heavy atom. The molecule has 1 nitrogen and oxygen atoms in total. The quantitative estimate of drug-likeness (QED) is 0.537. The summed E-state index contributed by atoms with van der Waals surface area (Å²) >= 11 is 0. The second-order valence-corrected chi connectivity index (χ2v) is 6.85. The Morgan fingerprint density at radius 1 is 0.720 bits per heavy atom. The molecule has 0 aromatic heterocycles. The van der Waals surface area contributed by atoms with Gasteiger partial charge in [0.05, 0.1) is 0 Å². The maximum absolute atomic E-state index is 2.43. The van der Waals surface area contributed by atoms with E-state index in [1.54, 1.807) is 0 Å². The zero-order valence-corrected chi connectivity index (χ0v) is 17.2. The third kappa shape index (κ3) is 7.44. The summed E-state index contributed by atoms with van der Waals surface area (Å²) in [7, 11) is 0. The maximum atomic E-state index is 2.43. The van der Waals surface area contributed by atoms with Crippen LogP contribution in [0.25, 0.3) is 11.1 Å². The lowest BCUT2D eigenvalue weighted by Crippen LogP contribution is -2.23. The normalized spacial score (nSPS) is 10.7. The highest BCUT2D eigenvalue weighted by molar-refractivity contribution is 5.64.